The van der Waals surface area contributed by atoms with Crippen LogP contribution in [0.5, 0.6) is 5.75 Å². The van der Waals surface area contributed by atoms with Crippen LogP contribution < -0.4 is 15.6 Å². The second-order valence-electron chi connectivity index (χ2n) is 7.43. The number of benzene rings is 2. The lowest BCUT2D eigenvalue weighted by atomic mass is 10.2. The molecule has 1 amide bonds. The average Bonchev–Trinajstić information content (AvgIpc) is 2.76. The Bertz CT molecular complexity index is 1330. The summed E-state index contributed by atoms with van der Waals surface area (Å²) in [4.78, 5) is 31.5. The number of carbonyl (C=O) groups excluding carboxylic acids is 1. The molecule has 0 fully saturated rings. The van der Waals surface area contributed by atoms with E-state index in [9.17, 15) is 18.0 Å². The maximum atomic E-state index is 13.1. The number of hydrogen-bond acceptors (Lipinski definition) is 6. The number of ether oxygens (including phenoxy) is 1. The fourth-order valence-electron chi connectivity index (χ4n) is 3.35. The number of sulfonamides is 1. The van der Waals surface area contributed by atoms with Crippen molar-refractivity contribution in [1.29, 1.82) is 0 Å². The molecular weight excluding hydrogens is 444 g/mol. The molecule has 0 radical (unpaired) electrons. The van der Waals surface area contributed by atoms with Gasteiger partial charge in [-0.25, -0.2) is 13.4 Å². The van der Waals surface area contributed by atoms with Crippen LogP contribution >= 0.6 is 0 Å². The number of likely N-dealkylation sites (N-methyl/N-ethyl adjacent to an activating group) is 1. The lowest BCUT2D eigenvalue weighted by Gasteiger charge is -2.20. The lowest BCUT2D eigenvalue weighted by Crippen LogP contribution is -2.37. The van der Waals surface area contributed by atoms with Crippen molar-refractivity contribution in [2.24, 2.45) is 0 Å². The van der Waals surface area contributed by atoms with E-state index in [1.54, 1.807) is 51.1 Å². The molecule has 1 heterocycles. The number of aryl methyl sites for hydroxylation is 2. The standard InChI is InChI=1S/C23H26N4O5S/c1-5-27(33(30,31)19-9-10-20(32-4)15(2)11-19)14-22(29)25-18-8-6-7-17(13-18)23-24-16(3)12-21(28)26-23/h6-13H,5,14H2,1-4H3,(H,25,29)(H,24,26,28). The van der Waals surface area contributed by atoms with Crippen LogP contribution in [-0.2, 0) is 14.8 Å². The summed E-state index contributed by atoms with van der Waals surface area (Å²) in [7, 11) is -2.36. The van der Waals surface area contributed by atoms with Crippen LogP contribution in [0.2, 0.25) is 0 Å². The van der Waals surface area contributed by atoms with Crippen LogP contribution in [0.25, 0.3) is 11.4 Å². The molecular formula is C23H26N4O5S. The third kappa shape index (κ3) is 5.65. The van der Waals surface area contributed by atoms with Crippen molar-refractivity contribution in [3.63, 3.8) is 0 Å². The van der Waals surface area contributed by atoms with Crippen molar-refractivity contribution in [2.75, 3.05) is 25.5 Å². The summed E-state index contributed by atoms with van der Waals surface area (Å²) < 4.78 is 32.4. The van der Waals surface area contributed by atoms with Gasteiger partial charge in [-0.3, -0.25) is 9.59 Å². The zero-order valence-corrected chi connectivity index (χ0v) is 19.7. The Balaban J connectivity index is 1.78. The number of methoxy groups -OCH3 is 1. The van der Waals surface area contributed by atoms with Crippen molar-refractivity contribution in [1.82, 2.24) is 14.3 Å². The molecule has 2 aromatic carbocycles. The van der Waals surface area contributed by atoms with Gasteiger partial charge in [0.15, 0.2) is 0 Å². The molecule has 0 saturated carbocycles. The number of H-pyrrole nitrogens is 1. The highest BCUT2D eigenvalue weighted by Gasteiger charge is 2.26. The van der Waals surface area contributed by atoms with Crippen LogP contribution in [-0.4, -0.2) is 48.8 Å². The van der Waals surface area contributed by atoms with Gasteiger partial charge in [-0.1, -0.05) is 19.1 Å². The van der Waals surface area contributed by atoms with Crippen molar-refractivity contribution < 1.29 is 17.9 Å². The number of nitrogens with one attached hydrogen (secondary N) is 2. The summed E-state index contributed by atoms with van der Waals surface area (Å²) in [6, 6.07) is 12.8. The van der Waals surface area contributed by atoms with Crippen molar-refractivity contribution in [3.05, 3.63) is 70.1 Å². The lowest BCUT2D eigenvalue weighted by molar-refractivity contribution is -0.116. The highest BCUT2D eigenvalue weighted by molar-refractivity contribution is 7.89. The van der Waals surface area contributed by atoms with Crippen LogP contribution in [0.3, 0.4) is 0 Å². The number of aromatic amines is 1. The summed E-state index contributed by atoms with van der Waals surface area (Å²) in [5.41, 5.74) is 2.04. The zero-order chi connectivity index (χ0) is 24.2. The van der Waals surface area contributed by atoms with Gasteiger partial charge in [0, 0.05) is 29.6 Å². The van der Waals surface area contributed by atoms with Gasteiger partial charge in [-0.2, -0.15) is 4.31 Å². The molecule has 0 unspecified atom stereocenters. The van der Waals surface area contributed by atoms with Gasteiger partial charge in [-0.05, 0) is 49.7 Å². The number of amides is 1. The van der Waals surface area contributed by atoms with E-state index in [-0.39, 0.29) is 23.5 Å². The minimum absolute atomic E-state index is 0.0897. The average molecular weight is 471 g/mol. The number of aromatic nitrogens is 2. The van der Waals surface area contributed by atoms with E-state index in [0.717, 1.165) is 4.31 Å². The predicted molar refractivity (Wildman–Crippen MR) is 126 cm³/mol. The van der Waals surface area contributed by atoms with Crippen LogP contribution in [0.1, 0.15) is 18.2 Å². The van der Waals surface area contributed by atoms with Crippen LogP contribution in [0.4, 0.5) is 5.69 Å². The molecule has 10 heteroatoms. The Morgan fingerprint density at radius 1 is 1.15 bits per heavy atom. The third-order valence-electron chi connectivity index (χ3n) is 4.97. The fourth-order valence-corrected chi connectivity index (χ4v) is 4.84. The molecule has 0 bridgehead atoms. The van der Waals surface area contributed by atoms with Gasteiger partial charge in [-0.15, -0.1) is 0 Å². The Kier molecular flexibility index (Phi) is 7.29. The molecule has 2 N–H and O–H groups in total. The zero-order valence-electron chi connectivity index (χ0n) is 18.9. The summed E-state index contributed by atoms with van der Waals surface area (Å²) in [6.07, 6.45) is 0. The van der Waals surface area contributed by atoms with Gasteiger partial charge in [0.2, 0.25) is 15.9 Å². The molecule has 1 aromatic heterocycles. The predicted octanol–water partition coefficient (Wildman–Crippen LogP) is 2.71. The van der Waals surface area contributed by atoms with Gasteiger partial charge < -0.3 is 15.0 Å². The van der Waals surface area contributed by atoms with Crippen molar-refractivity contribution in [2.45, 2.75) is 25.7 Å². The van der Waals surface area contributed by atoms with E-state index in [4.69, 9.17) is 4.74 Å². The number of nitrogens with zero attached hydrogens (tertiary/aromatic N) is 2. The van der Waals surface area contributed by atoms with Gasteiger partial charge >= 0.3 is 0 Å². The first-order valence-electron chi connectivity index (χ1n) is 10.3. The Morgan fingerprint density at radius 3 is 2.55 bits per heavy atom. The maximum Gasteiger partial charge on any atom is 0.251 e. The van der Waals surface area contributed by atoms with Gasteiger partial charge in [0.1, 0.15) is 11.6 Å². The molecule has 3 aromatic rings. The first-order valence-corrected chi connectivity index (χ1v) is 11.7. The molecule has 174 valence electrons. The van der Waals surface area contributed by atoms with Crippen LogP contribution in [0, 0.1) is 13.8 Å². The topological polar surface area (TPSA) is 121 Å². The van der Waals surface area contributed by atoms with Crippen molar-refractivity contribution in [3.8, 4) is 17.1 Å². The molecule has 0 aliphatic rings. The highest BCUT2D eigenvalue weighted by Crippen LogP contribution is 2.24. The minimum atomic E-state index is -3.88. The van der Waals surface area contributed by atoms with Crippen LogP contribution in [0.15, 0.2) is 58.2 Å². The first-order chi connectivity index (χ1) is 15.6. The Morgan fingerprint density at radius 2 is 1.91 bits per heavy atom. The molecule has 0 atom stereocenters. The molecule has 0 aliphatic carbocycles. The molecule has 3 rings (SSSR count). The van der Waals surface area contributed by atoms with Crippen molar-refractivity contribution >= 4 is 21.6 Å². The largest absolute Gasteiger partial charge is 0.496 e. The summed E-state index contributed by atoms with van der Waals surface area (Å²) in [6.45, 7) is 4.91. The number of rotatable bonds is 8. The Labute approximate surface area is 192 Å². The highest BCUT2D eigenvalue weighted by atomic mass is 32.2. The summed E-state index contributed by atoms with van der Waals surface area (Å²) in [5.74, 6) is 0.469. The van der Waals surface area contributed by atoms with Gasteiger partial charge in [0.05, 0.1) is 18.6 Å². The SMILES string of the molecule is CCN(CC(=O)Nc1cccc(-c2nc(C)cc(=O)[nH]2)c1)S(=O)(=O)c1ccc(OC)c(C)c1. The van der Waals surface area contributed by atoms with E-state index < -0.39 is 15.9 Å². The molecule has 0 saturated heterocycles. The van der Waals surface area contributed by atoms with Gasteiger partial charge in [0.25, 0.3) is 5.56 Å². The van der Waals surface area contributed by atoms with E-state index in [0.29, 0.717) is 34.1 Å². The van der Waals surface area contributed by atoms with E-state index in [2.05, 4.69) is 15.3 Å². The van der Waals surface area contributed by atoms with E-state index in [1.807, 2.05) is 0 Å². The monoisotopic (exact) mass is 470 g/mol. The summed E-state index contributed by atoms with van der Waals surface area (Å²) in [5, 5.41) is 2.71. The minimum Gasteiger partial charge on any atom is -0.496 e. The smallest absolute Gasteiger partial charge is 0.251 e. The third-order valence-corrected chi connectivity index (χ3v) is 6.88. The number of carbonyl (C=O) groups is 1. The van der Waals surface area contributed by atoms with E-state index >= 15 is 0 Å². The second-order valence-corrected chi connectivity index (χ2v) is 9.36. The number of hydrogen-bond donors (Lipinski definition) is 2. The van der Waals surface area contributed by atoms with E-state index in [1.165, 1.54) is 25.3 Å². The Hall–Kier alpha value is -3.50. The molecule has 0 aliphatic heterocycles. The molecule has 0 spiro atoms. The first kappa shape index (κ1) is 24.1. The normalized spacial score (nSPS) is 11.4. The maximum absolute atomic E-state index is 13.1. The quantitative estimate of drug-likeness (QED) is 0.522. The fraction of sp³-hybridized carbons (Fsp3) is 0.261. The second kappa shape index (κ2) is 9.97. The molecule has 9 nitrogen and oxygen atoms in total. The summed E-state index contributed by atoms with van der Waals surface area (Å²) >= 11 is 0. The number of anilines is 1. The molecule has 33 heavy (non-hydrogen) atoms.